The molecule has 3 rings (SSSR count). The van der Waals surface area contributed by atoms with Gasteiger partial charge in [0, 0.05) is 24.0 Å². The number of aryl methyl sites for hydroxylation is 3. The summed E-state index contributed by atoms with van der Waals surface area (Å²) in [6.45, 7) is 6.77. The Labute approximate surface area is 118 Å². The molecule has 0 bridgehead atoms. The van der Waals surface area contributed by atoms with E-state index in [2.05, 4.69) is 24.8 Å². The van der Waals surface area contributed by atoms with Gasteiger partial charge in [0.25, 0.3) is 0 Å². The molecule has 6 heteroatoms. The molecular formula is C14H18N6. The Morgan fingerprint density at radius 2 is 1.75 bits per heavy atom. The van der Waals surface area contributed by atoms with Crippen molar-refractivity contribution < 1.29 is 0 Å². The van der Waals surface area contributed by atoms with E-state index in [1.807, 2.05) is 32.9 Å². The SMILES string of the molecule is Cc1cc(C)nc(N2CCC2c2cc(N)nc(C)n2)n1. The summed E-state index contributed by atoms with van der Waals surface area (Å²) in [4.78, 5) is 19.8. The summed E-state index contributed by atoms with van der Waals surface area (Å²) in [5.41, 5.74) is 8.72. The fraction of sp³-hybridized carbons (Fsp3) is 0.429. The van der Waals surface area contributed by atoms with Crippen molar-refractivity contribution in [2.75, 3.05) is 17.2 Å². The van der Waals surface area contributed by atoms with Gasteiger partial charge in [-0.05, 0) is 33.3 Å². The molecule has 0 spiro atoms. The molecule has 20 heavy (non-hydrogen) atoms. The third-order valence-electron chi connectivity index (χ3n) is 3.47. The maximum Gasteiger partial charge on any atom is 0.226 e. The van der Waals surface area contributed by atoms with Crippen molar-refractivity contribution in [3.05, 3.63) is 35.0 Å². The van der Waals surface area contributed by atoms with Gasteiger partial charge in [0.15, 0.2) is 0 Å². The van der Waals surface area contributed by atoms with Crippen LogP contribution in [0.2, 0.25) is 0 Å². The lowest BCUT2D eigenvalue weighted by molar-refractivity contribution is 0.444. The minimum atomic E-state index is 0.195. The van der Waals surface area contributed by atoms with Crippen LogP contribution in [-0.4, -0.2) is 26.5 Å². The van der Waals surface area contributed by atoms with Crippen LogP contribution in [0.15, 0.2) is 12.1 Å². The van der Waals surface area contributed by atoms with Crippen molar-refractivity contribution in [1.82, 2.24) is 19.9 Å². The zero-order valence-electron chi connectivity index (χ0n) is 12.0. The van der Waals surface area contributed by atoms with E-state index in [4.69, 9.17) is 5.73 Å². The lowest BCUT2D eigenvalue weighted by atomic mass is 10.00. The summed E-state index contributed by atoms with van der Waals surface area (Å²) < 4.78 is 0. The van der Waals surface area contributed by atoms with Crippen molar-refractivity contribution in [1.29, 1.82) is 0 Å². The minimum Gasteiger partial charge on any atom is -0.384 e. The first-order valence-corrected chi connectivity index (χ1v) is 6.73. The molecule has 1 unspecified atom stereocenters. The van der Waals surface area contributed by atoms with Crippen LogP contribution in [0, 0.1) is 20.8 Å². The molecular weight excluding hydrogens is 252 g/mol. The van der Waals surface area contributed by atoms with Gasteiger partial charge in [-0.15, -0.1) is 0 Å². The molecule has 1 atom stereocenters. The molecule has 0 aliphatic carbocycles. The lowest BCUT2D eigenvalue weighted by Gasteiger charge is -2.40. The first-order valence-electron chi connectivity index (χ1n) is 6.73. The Balaban J connectivity index is 1.92. The average Bonchev–Trinajstić information content (AvgIpc) is 2.23. The molecule has 3 heterocycles. The van der Waals surface area contributed by atoms with Crippen LogP contribution in [0.1, 0.15) is 35.4 Å². The van der Waals surface area contributed by atoms with Gasteiger partial charge >= 0.3 is 0 Å². The van der Waals surface area contributed by atoms with Crippen LogP contribution >= 0.6 is 0 Å². The summed E-state index contributed by atoms with van der Waals surface area (Å²) in [5, 5.41) is 0. The topological polar surface area (TPSA) is 80.8 Å². The molecule has 1 aliphatic rings. The van der Waals surface area contributed by atoms with Gasteiger partial charge in [0.05, 0.1) is 11.7 Å². The molecule has 104 valence electrons. The Bertz CT molecular complexity index is 556. The number of aromatic nitrogens is 4. The van der Waals surface area contributed by atoms with Crippen molar-refractivity contribution in [2.45, 2.75) is 33.2 Å². The summed E-state index contributed by atoms with van der Waals surface area (Å²) >= 11 is 0. The molecule has 2 aromatic rings. The number of rotatable bonds is 2. The van der Waals surface area contributed by atoms with E-state index in [1.54, 1.807) is 0 Å². The highest BCUT2D eigenvalue weighted by Gasteiger charge is 2.33. The molecule has 2 N–H and O–H groups in total. The van der Waals surface area contributed by atoms with E-state index in [1.165, 1.54) is 0 Å². The Kier molecular flexibility index (Phi) is 3.00. The maximum atomic E-state index is 5.81. The van der Waals surface area contributed by atoms with Gasteiger partial charge < -0.3 is 10.6 Å². The van der Waals surface area contributed by atoms with E-state index in [9.17, 15) is 0 Å². The van der Waals surface area contributed by atoms with Crippen molar-refractivity contribution in [3.8, 4) is 0 Å². The number of hydrogen-bond donors (Lipinski definition) is 1. The van der Waals surface area contributed by atoms with Crippen molar-refractivity contribution in [3.63, 3.8) is 0 Å². The van der Waals surface area contributed by atoms with E-state index in [0.29, 0.717) is 11.6 Å². The molecule has 0 amide bonds. The number of anilines is 2. The normalized spacial score (nSPS) is 17.9. The highest BCUT2D eigenvalue weighted by molar-refractivity contribution is 5.42. The largest absolute Gasteiger partial charge is 0.384 e. The summed E-state index contributed by atoms with van der Waals surface area (Å²) in [6, 6.07) is 4.01. The first kappa shape index (κ1) is 12.8. The van der Waals surface area contributed by atoms with Gasteiger partial charge in [-0.3, -0.25) is 0 Å². The van der Waals surface area contributed by atoms with E-state index < -0.39 is 0 Å². The number of nitrogens with two attached hydrogens (primary N) is 1. The number of nitrogen functional groups attached to an aromatic ring is 1. The Morgan fingerprint density at radius 3 is 2.30 bits per heavy atom. The second-order valence-electron chi connectivity index (χ2n) is 5.21. The zero-order chi connectivity index (χ0) is 14.3. The van der Waals surface area contributed by atoms with E-state index in [0.717, 1.165) is 36.0 Å². The Morgan fingerprint density at radius 1 is 1.05 bits per heavy atom. The lowest BCUT2D eigenvalue weighted by Crippen LogP contribution is -2.42. The summed E-state index contributed by atoms with van der Waals surface area (Å²) in [6.07, 6.45) is 1.03. The standard InChI is InChI=1S/C14H18N6/c1-8-6-9(2)17-14(16-8)20-5-4-12(20)11-7-13(15)19-10(3)18-11/h6-7,12H,4-5H2,1-3H3,(H2,15,18,19). The van der Waals surface area contributed by atoms with E-state index >= 15 is 0 Å². The van der Waals surface area contributed by atoms with Gasteiger partial charge in [0.1, 0.15) is 11.6 Å². The number of nitrogens with zero attached hydrogens (tertiary/aromatic N) is 5. The van der Waals surface area contributed by atoms with Crippen LogP contribution < -0.4 is 10.6 Å². The maximum absolute atomic E-state index is 5.81. The van der Waals surface area contributed by atoms with Gasteiger partial charge in [-0.2, -0.15) is 0 Å². The highest BCUT2D eigenvalue weighted by Crippen LogP contribution is 2.35. The number of hydrogen-bond acceptors (Lipinski definition) is 6. The van der Waals surface area contributed by atoms with Crippen LogP contribution in [0.5, 0.6) is 0 Å². The molecule has 2 aromatic heterocycles. The monoisotopic (exact) mass is 270 g/mol. The van der Waals surface area contributed by atoms with Crippen molar-refractivity contribution >= 4 is 11.8 Å². The molecule has 0 aromatic carbocycles. The second-order valence-corrected chi connectivity index (χ2v) is 5.21. The van der Waals surface area contributed by atoms with E-state index in [-0.39, 0.29) is 6.04 Å². The van der Waals surface area contributed by atoms with Gasteiger partial charge in [0.2, 0.25) is 5.95 Å². The van der Waals surface area contributed by atoms with Crippen LogP contribution in [-0.2, 0) is 0 Å². The second kappa shape index (κ2) is 4.70. The smallest absolute Gasteiger partial charge is 0.226 e. The van der Waals surface area contributed by atoms with Crippen LogP contribution in [0.25, 0.3) is 0 Å². The third-order valence-corrected chi connectivity index (χ3v) is 3.47. The van der Waals surface area contributed by atoms with Crippen LogP contribution in [0.3, 0.4) is 0 Å². The fourth-order valence-corrected chi connectivity index (χ4v) is 2.56. The predicted molar refractivity (Wildman–Crippen MR) is 77.4 cm³/mol. The highest BCUT2D eigenvalue weighted by atomic mass is 15.3. The summed E-state index contributed by atoms with van der Waals surface area (Å²) in [5.74, 6) is 1.99. The minimum absolute atomic E-state index is 0.195. The fourth-order valence-electron chi connectivity index (χ4n) is 2.56. The molecule has 1 aliphatic heterocycles. The Hall–Kier alpha value is -2.24. The zero-order valence-corrected chi connectivity index (χ0v) is 12.0. The molecule has 6 nitrogen and oxygen atoms in total. The molecule has 1 saturated heterocycles. The van der Waals surface area contributed by atoms with Crippen LogP contribution in [0.4, 0.5) is 11.8 Å². The third kappa shape index (κ3) is 2.29. The predicted octanol–water partition coefficient (Wildman–Crippen LogP) is 1.73. The molecule has 1 fully saturated rings. The average molecular weight is 270 g/mol. The van der Waals surface area contributed by atoms with Gasteiger partial charge in [-0.25, -0.2) is 19.9 Å². The van der Waals surface area contributed by atoms with Gasteiger partial charge in [-0.1, -0.05) is 0 Å². The molecule has 0 saturated carbocycles. The van der Waals surface area contributed by atoms with Crippen molar-refractivity contribution in [2.24, 2.45) is 0 Å². The summed E-state index contributed by atoms with van der Waals surface area (Å²) in [7, 11) is 0. The first-order chi connectivity index (χ1) is 9.52. The quantitative estimate of drug-likeness (QED) is 0.895. The molecule has 0 radical (unpaired) electrons.